The molecule has 1 aliphatic carbocycles. The molecular weight excluding hydrogens is 236 g/mol. The number of aromatic nitrogens is 2. The Hall–Kier alpha value is -1.03. The third kappa shape index (κ3) is 2.27. The fourth-order valence-electron chi connectivity index (χ4n) is 3.20. The van der Waals surface area contributed by atoms with E-state index in [-0.39, 0.29) is 0 Å². The van der Waals surface area contributed by atoms with Crippen molar-refractivity contribution in [2.45, 2.75) is 34.2 Å². The number of anilines is 1. The molecule has 0 unspecified atom stereocenters. The maximum Gasteiger partial charge on any atom is 0.204 e. The predicted octanol–water partition coefficient (Wildman–Crippen LogP) is 2.26. The molecule has 19 heavy (non-hydrogen) atoms. The lowest BCUT2D eigenvalue weighted by atomic mass is 10.0. The van der Waals surface area contributed by atoms with Gasteiger partial charge in [0.2, 0.25) is 5.95 Å². The molecule has 1 aliphatic rings. The molecule has 0 atom stereocenters. The first-order chi connectivity index (χ1) is 8.69. The highest BCUT2D eigenvalue weighted by atomic mass is 15.3. The van der Waals surface area contributed by atoms with Gasteiger partial charge in [-0.1, -0.05) is 27.7 Å². The third-order valence-electron chi connectivity index (χ3n) is 5.43. The van der Waals surface area contributed by atoms with Crippen LogP contribution in [0.4, 0.5) is 5.95 Å². The minimum Gasteiger partial charge on any atom is -0.348 e. The summed E-state index contributed by atoms with van der Waals surface area (Å²) < 4.78 is 2.15. The van der Waals surface area contributed by atoms with Gasteiger partial charge in [-0.05, 0) is 23.3 Å². The molecule has 1 heterocycles. The third-order valence-corrected chi connectivity index (χ3v) is 5.43. The first-order valence-corrected chi connectivity index (χ1v) is 7.08. The van der Waals surface area contributed by atoms with Crippen LogP contribution in [-0.2, 0) is 13.6 Å². The molecule has 0 aliphatic heterocycles. The van der Waals surface area contributed by atoms with E-state index >= 15 is 0 Å². The van der Waals surface area contributed by atoms with Crippen molar-refractivity contribution in [3.05, 3.63) is 11.9 Å². The van der Waals surface area contributed by atoms with E-state index in [0.717, 1.165) is 25.0 Å². The Bertz CT molecular complexity index is 443. The van der Waals surface area contributed by atoms with Gasteiger partial charge < -0.3 is 14.8 Å². The molecule has 1 saturated carbocycles. The van der Waals surface area contributed by atoms with Crippen molar-refractivity contribution in [1.29, 1.82) is 0 Å². The van der Waals surface area contributed by atoms with Gasteiger partial charge in [-0.3, -0.25) is 0 Å². The highest BCUT2D eigenvalue weighted by molar-refractivity contribution is 5.30. The van der Waals surface area contributed by atoms with E-state index in [1.807, 2.05) is 25.2 Å². The molecule has 2 rings (SSSR count). The molecule has 108 valence electrons. The van der Waals surface area contributed by atoms with E-state index in [1.165, 1.54) is 5.69 Å². The Morgan fingerprint density at radius 1 is 1.26 bits per heavy atom. The van der Waals surface area contributed by atoms with E-state index in [1.54, 1.807) is 0 Å². The summed E-state index contributed by atoms with van der Waals surface area (Å²) in [6.45, 7) is 11.4. The van der Waals surface area contributed by atoms with E-state index in [9.17, 15) is 0 Å². The van der Waals surface area contributed by atoms with Crippen molar-refractivity contribution in [2.75, 3.05) is 25.5 Å². The quantitative estimate of drug-likeness (QED) is 0.885. The Morgan fingerprint density at radius 3 is 2.26 bits per heavy atom. The topological polar surface area (TPSA) is 33.1 Å². The number of rotatable bonds is 5. The molecule has 0 bridgehead atoms. The van der Waals surface area contributed by atoms with Crippen molar-refractivity contribution in [1.82, 2.24) is 14.9 Å². The molecule has 0 amide bonds. The molecule has 0 saturated heterocycles. The summed E-state index contributed by atoms with van der Waals surface area (Å²) in [5, 5.41) is 3.59. The van der Waals surface area contributed by atoms with Gasteiger partial charge in [0.1, 0.15) is 0 Å². The van der Waals surface area contributed by atoms with Crippen LogP contribution in [0.3, 0.4) is 0 Å². The van der Waals surface area contributed by atoms with Gasteiger partial charge in [0.25, 0.3) is 0 Å². The minimum atomic E-state index is 0.460. The standard InChI is InChI=1S/C15H28N4/c1-14(2)12(15(14,3)4)10-16-8-11-9-17-13(18(5)6)19(11)7/h9,12,16H,8,10H2,1-7H3. The molecule has 1 aromatic rings. The first kappa shape index (κ1) is 14.4. The summed E-state index contributed by atoms with van der Waals surface area (Å²) in [6.07, 6.45) is 1.96. The molecule has 1 aromatic heterocycles. The van der Waals surface area contributed by atoms with Gasteiger partial charge in [0.05, 0.1) is 11.9 Å². The second kappa shape index (κ2) is 4.51. The van der Waals surface area contributed by atoms with Crippen molar-refractivity contribution in [3.63, 3.8) is 0 Å². The number of hydrogen-bond acceptors (Lipinski definition) is 3. The van der Waals surface area contributed by atoms with Crippen LogP contribution in [0.2, 0.25) is 0 Å². The molecule has 0 spiro atoms. The van der Waals surface area contributed by atoms with Crippen LogP contribution in [0.25, 0.3) is 0 Å². The number of nitrogens with one attached hydrogen (secondary N) is 1. The van der Waals surface area contributed by atoms with Crippen LogP contribution in [0.5, 0.6) is 0 Å². The molecule has 4 heteroatoms. The summed E-state index contributed by atoms with van der Waals surface area (Å²) in [7, 11) is 6.12. The van der Waals surface area contributed by atoms with Crippen LogP contribution in [0, 0.1) is 16.7 Å². The SMILES string of the molecule is CN(C)c1ncc(CNCC2C(C)(C)C2(C)C)n1C. The zero-order valence-electron chi connectivity index (χ0n) is 13.4. The number of hydrogen-bond donors (Lipinski definition) is 1. The van der Waals surface area contributed by atoms with Crippen LogP contribution >= 0.6 is 0 Å². The normalized spacial score (nSPS) is 20.6. The summed E-state index contributed by atoms with van der Waals surface area (Å²) in [4.78, 5) is 6.47. The van der Waals surface area contributed by atoms with Crippen LogP contribution in [-0.4, -0.2) is 30.2 Å². The van der Waals surface area contributed by atoms with E-state index in [4.69, 9.17) is 0 Å². The van der Waals surface area contributed by atoms with E-state index in [2.05, 4.69) is 49.6 Å². The summed E-state index contributed by atoms with van der Waals surface area (Å²) in [6, 6.07) is 0. The molecule has 0 radical (unpaired) electrons. The minimum absolute atomic E-state index is 0.460. The zero-order valence-corrected chi connectivity index (χ0v) is 13.4. The second-order valence-corrected chi connectivity index (χ2v) is 7.13. The molecular formula is C15H28N4. The average molecular weight is 264 g/mol. The molecule has 0 aromatic carbocycles. The predicted molar refractivity (Wildman–Crippen MR) is 80.3 cm³/mol. The highest BCUT2D eigenvalue weighted by Gasteiger charge is 2.63. The lowest BCUT2D eigenvalue weighted by molar-refractivity contribution is 0.457. The fourth-order valence-corrected chi connectivity index (χ4v) is 3.20. The Balaban J connectivity index is 1.88. The van der Waals surface area contributed by atoms with Crippen molar-refractivity contribution >= 4 is 5.95 Å². The molecule has 4 nitrogen and oxygen atoms in total. The van der Waals surface area contributed by atoms with Gasteiger partial charge in [0, 0.05) is 27.7 Å². The van der Waals surface area contributed by atoms with E-state index in [0.29, 0.717) is 10.8 Å². The van der Waals surface area contributed by atoms with E-state index < -0.39 is 0 Å². The van der Waals surface area contributed by atoms with Crippen molar-refractivity contribution < 1.29 is 0 Å². The average Bonchev–Trinajstić information content (AvgIpc) is 2.61. The lowest BCUT2D eigenvalue weighted by Crippen LogP contribution is -2.21. The summed E-state index contributed by atoms with van der Waals surface area (Å²) in [5.41, 5.74) is 2.16. The largest absolute Gasteiger partial charge is 0.348 e. The number of imidazole rings is 1. The lowest BCUT2D eigenvalue weighted by Gasteiger charge is -2.13. The Kier molecular flexibility index (Phi) is 3.42. The number of nitrogens with zero attached hydrogens (tertiary/aromatic N) is 3. The maximum absolute atomic E-state index is 4.43. The maximum atomic E-state index is 4.43. The molecule has 1 fully saturated rings. The highest BCUT2D eigenvalue weighted by Crippen LogP contribution is 2.67. The Labute approximate surface area is 117 Å². The second-order valence-electron chi connectivity index (χ2n) is 7.13. The van der Waals surface area contributed by atoms with Crippen molar-refractivity contribution in [2.24, 2.45) is 23.8 Å². The smallest absolute Gasteiger partial charge is 0.204 e. The first-order valence-electron chi connectivity index (χ1n) is 7.08. The summed E-state index contributed by atoms with van der Waals surface area (Å²) in [5.74, 6) is 1.77. The van der Waals surface area contributed by atoms with Crippen LogP contribution in [0.1, 0.15) is 33.4 Å². The van der Waals surface area contributed by atoms with Crippen LogP contribution in [0.15, 0.2) is 6.20 Å². The van der Waals surface area contributed by atoms with Gasteiger partial charge in [-0.15, -0.1) is 0 Å². The van der Waals surface area contributed by atoms with Crippen molar-refractivity contribution in [3.8, 4) is 0 Å². The zero-order chi connectivity index (χ0) is 14.4. The monoisotopic (exact) mass is 264 g/mol. The van der Waals surface area contributed by atoms with Gasteiger partial charge >= 0.3 is 0 Å². The van der Waals surface area contributed by atoms with Gasteiger partial charge in [0.15, 0.2) is 0 Å². The van der Waals surface area contributed by atoms with Crippen LogP contribution < -0.4 is 10.2 Å². The van der Waals surface area contributed by atoms with Gasteiger partial charge in [-0.25, -0.2) is 4.98 Å². The Morgan fingerprint density at radius 2 is 1.84 bits per heavy atom. The van der Waals surface area contributed by atoms with Gasteiger partial charge in [-0.2, -0.15) is 0 Å². The summed E-state index contributed by atoms with van der Waals surface area (Å²) >= 11 is 0. The molecule has 1 N–H and O–H groups in total. The fraction of sp³-hybridized carbons (Fsp3) is 0.800.